The summed E-state index contributed by atoms with van der Waals surface area (Å²) in [7, 11) is 0. The summed E-state index contributed by atoms with van der Waals surface area (Å²) < 4.78 is 10.0. The van der Waals surface area contributed by atoms with Gasteiger partial charge in [-0.3, -0.25) is 9.59 Å². The number of hydrogen-bond acceptors (Lipinski definition) is 4. The molecule has 0 bridgehead atoms. The Morgan fingerprint density at radius 3 is 1.31 bits per heavy atom. The van der Waals surface area contributed by atoms with Gasteiger partial charge in [0.1, 0.15) is 13.2 Å². The van der Waals surface area contributed by atoms with Gasteiger partial charge in [0.15, 0.2) is 0 Å². The number of hydrogen-bond donors (Lipinski definition) is 0. The first-order valence-corrected chi connectivity index (χ1v) is 11.0. The quantitative estimate of drug-likeness (QED) is 0.196. The van der Waals surface area contributed by atoms with Gasteiger partial charge in [0.2, 0.25) is 0 Å². The minimum Gasteiger partial charge on any atom is -0.462 e. The van der Waals surface area contributed by atoms with Crippen molar-refractivity contribution in [3.63, 3.8) is 0 Å². The van der Waals surface area contributed by atoms with E-state index in [4.69, 9.17) is 9.47 Å². The fourth-order valence-corrected chi connectivity index (χ4v) is 2.95. The molecule has 0 aliphatic rings. The molecule has 0 saturated heterocycles. The fraction of sp³-hybridized carbons (Fsp3) is 0.909. The van der Waals surface area contributed by atoms with Crippen LogP contribution in [0.4, 0.5) is 0 Å². The molecule has 0 amide bonds. The third-order valence-electron chi connectivity index (χ3n) is 4.55. The second-order valence-electron chi connectivity index (χ2n) is 7.18. The van der Waals surface area contributed by atoms with E-state index in [9.17, 15) is 9.59 Å². The van der Waals surface area contributed by atoms with Gasteiger partial charge in [0.05, 0.1) is 0 Å². The van der Waals surface area contributed by atoms with Crippen molar-refractivity contribution in [1.82, 2.24) is 0 Å². The second-order valence-corrected chi connectivity index (χ2v) is 7.18. The normalized spacial score (nSPS) is 10.7. The Morgan fingerprint density at radius 1 is 0.500 bits per heavy atom. The summed E-state index contributed by atoms with van der Waals surface area (Å²) in [5, 5.41) is 0. The molecule has 0 aromatic rings. The zero-order chi connectivity index (χ0) is 19.3. The molecule has 0 aliphatic heterocycles. The molecule has 0 heterocycles. The monoisotopic (exact) mass is 370 g/mol. The molecule has 4 nitrogen and oxygen atoms in total. The van der Waals surface area contributed by atoms with E-state index in [-0.39, 0.29) is 25.2 Å². The van der Waals surface area contributed by atoms with E-state index >= 15 is 0 Å². The van der Waals surface area contributed by atoms with E-state index in [1.807, 2.05) is 6.92 Å². The van der Waals surface area contributed by atoms with Crippen LogP contribution in [-0.4, -0.2) is 25.2 Å². The molecule has 0 aromatic heterocycles. The van der Waals surface area contributed by atoms with E-state index in [2.05, 4.69) is 6.92 Å². The first-order valence-electron chi connectivity index (χ1n) is 11.0. The molecule has 154 valence electrons. The maximum atomic E-state index is 11.6. The third-order valence-corrected chi connectivity index (χ3v) is 4.55. The Hall–Kier alpha value is -1.06. The summed E-state index contributed by atoms with van der Waals surface area (Å²) in [6.45, 7) is 4.53. The van der Waals surface area contributed by atoms with Crippen LogP contribution in [0.25, 0.3) is 0 Å². The van der Waals surface area contributed by atoms with Crippen LogP contribution in [0.2, 0.25) is 0 Å². The van der Waals surface area contributed by atoms with Crippen molar-refractivity contribution < 1.29 is 19.1 Å². The number of carbonyl (C=O) groups excluding carboxylic acids is 2. The highest BCUT2D eigenvalue weighted by Gasteiger charge is 2.04. The van der Waals surface area contributed by atoms with Crippen LogP contribution in [0, 0.1) is 0 Å². The summed E-state index contributed by atoms with van der Waals surface area (Å²) in [5.41, 5.74) is 0. The maximum Gasteiger partial charge on any atom is 0.305 e. The lowest BCUT2D eigenvalue weighted by Gasteiger charge is -2.06. The minimum atomic E-state index is -0.222. The van der Waals surface area contributed by atoms with Crippen LogP contribution in [0.5, 0.6) is 0 Å². The zero-order valence-corrected chi connectivity index (χ0v) is 17.4. The van der Waals surface area contributed by atoms with Crippen molar-refractivity contribution >= 4 is 11.9 Å². The highest BCUT2D eigenvalue weighted by molar-refractivity contribution is 5.70. The van der Waals surface area contributed by atoms with E-state index in [1.54, 1.807) is 0 Å². The van der Waals surface area contributed by atoms with Crippen LogP contribution in [-0.2, 0) is 19.1 Å². The largest absolute Gasteiger partial charge is 0.462 e. The lowest BCUT2D eigenvalue weighted by atomic mass is 10.0. The summed E-state index contributed by atoms with van der Waals surface area (Å²) in [4.78, 5) is 22.7. The van der Waals surface area contributed by atoms with Crippen LogP contribution < -0.4 is 0 Å². The molecule has 0 aromatic carbocycles. The van der Waals surface area contributed by atoms with Crippen molar-refractivity contribution in [2.45, 2.75) is 117 Å². The number of esters is 2. The van der Waals surface area contributed by atoms with Gasteiger partial charge >= 0.3 is 11.9 Å². The fourth-order valence-electron chi connectivity index (χ4n) is 2.95. The predicted octanol–water partition coefficient (Wildman–Crippen LogP) is 6.35. The smallest absolute Gasteiger partial charge is 0.305 e. The Morgan fingerprint density at radius 2 is 0.885 bits per heavy atom. The standard InChI is InChI=1S/C22H42O4/c1-3-5-6-7-8-9-10-11-12-13-14-15-16-18-22(24)26-20-19-25-21(23)17-4-2/h3-20H2,1-2H3. The van der Waals surface area contributed by atoms with Gasteiger partial charge < -0.3 is 9.47 Å². The van der Waals surface area contributed by atoms with Crippen molar-refractivity contribution in [3.8, 4) is 0 Å². The summed E-state index contributed by atoms with van der Waals surface area (Å²) in [5.74, 6) is -0.403. The number of ether oxygens (including phenoxy) is 2. The van der Waals surface area contributed by atoms with E-state index in [0.29, 0.717) is 12.8 Å². The van der Waals surface area contributed by atoms with Gasteiger partial charge in [-0.1, -0.05) is 90.9 Å². The molecule has 0 unspecified atom stereocenters. The first-order chi connectivity index (χ1) is 12.7. The van der Waals surface area contributed by atoms with Gasteiger partial charge in [-0.25, -0.2) is 0 Å². The molecular weight excluding hydrogens is 328 g/mol. The summed E-state index contributed by atoms with van der Waals surface area (Å²) >= 11 is 0. The lowest BCUT2D eigenvalue weighted by Crippen LogP contribution is -2.13. The van der Waals surface area contributed by atoms with Gasteiger partial charge in [-0.2, -0.15) is 0 Å². The average molecular weight is 371 g/mol. The van der Waals surface area contributed by atoms with Gasteiger partial charge in [0.25, 0.3) is 0 Å². The highest BCUT2D eigenvalue weighted by atomic mass is 16.6. The van der Waals surface area contributed by atoms with E-state index in [1.165, 1.54) is 70.6 Å². The second kappa shape index (κ2) is 20.3. The highest BCUT2D eigenvalue weighted by Crippen LogP contribution is 2.13. The number of carbonyl (C=O) groups is 2. The Labute approximate surface area is 161 Å². The molecule has 0 N–H and O–H groups in total. The molecule has 26 heavy (non-hydrogen) atoms. The Balaban J connectivity index is 3.20. The number of rotatable bonds is 19. The molecule has 0 radical (unpaired) electrons. The topological polar surface area (TPSA) is 52.6 Å². The molecule has 0 saturated carbocycles. The summed E-state index contributed by atoms with van der Waals surface area (Å²) in [6, 6.07) is 0. The molecule has 0 rings (SSSR count). The minimum absolute atomic E-state index is 0.170. The molecule has 0 spiro atoms. The van der Waals surface area contributed by atoms with Crippen LogP contribution in [0.1, 0.15) is 117 Å². The van der Waals surface area contributed by atoms with Crippen LogP contribution in [0.15, 0.2) is 0 Å². The molecule has 4 heteroatoms. The van der Waals surface area contributed by atoms with Crippen molar-refractivity contribution in [2.75, 3.05) is 13.2 Å². The first kappa shape index (κ1) is 24.9. The van der Waals surface area contributed by atoms with E-state index in [0.717, 1.165) is 19.3 Å². The molecule has 0 aliphatic carbocycles. The number of unbranched alkanes of at least 4 members (excludes halogenated alkanes) is 12. The zero-order valence-electron chi connectivity index (χ0n) is 17.4. The van der Waals surface area contributed by atoms with Gasteiger partial charge in [-0.15, -0.1) is 0 Å². The maximum absolute atomic E-state index is 11.6. The predicted molar refractivity (Wildman–Crippen MR) is 107 cm³/mol. The van der Waals surface area contributed by atoms with Crippen molar-refractivity contribution in [2.24, 2.45) is 0 Å². The van der Waals surface area contributed by atoms with E-state index < -0.39 is 0 Å². The third kappa shape index (κ3) is 19.3. The lowest BCUT2D eigenvalue weighted by molar-refractivity contribution is -0.152. The van der Waals surface area contributed by atoms with Crippen LogP contribution >= 0.6 is 0 Å². The molecular formula is C22H42O4. The molecule has 0 atom stereocenters. The van der Waals surface area contributed by atoms with Gasteiger partial charge in [0, 0.05) is 12.8 Å². The van der Waals surface area contributed by atoms with Gasteiger partial charge in [-0.05, 0) is 12.8 Å². The van der Waals surface area contributed by atoms with Crippen molar-refractivity contribution in [3.05, 3.63) is 0 Å². The summed E-state index contributed by atoms with van der Waals surface area (Å²) in [6.07, 6.45) is 18.5. The van der Waals surface area contributed by atoms with Crippen molar-refractivity contribution in [1.29, 1.82) is 0 Å². The SMILES string of the molecule is CCCCCCCCCCCCCCCC(=O)OCCOC(=O)CCC. The Bertz CT molecular complexity index is 328. The Kier molecular flexibility index (Phi) is 19.4. The average Bonchev–Trinajstić information content (AvgIpc) is 2.63. The van der Waals surface area contributed by atoms with Crippen LogP contribution in [0.3, 0.4) is 0 Å². The molecule has 0 fully saturated rings.